The molecule has 9 heteroatoms. The molecule has 29 heavy (non-hydrogen) atoms. The van der Waals surface area contributed by atoms with Crippen molar-refractivity contribution in [3.8, 4) is 0 Å². The van der Waals surface area contributed by atoms with Crippen molar-refractivity contribution in [2.24, 2.45) is 0 Å². The summed E-state index contributed by atoms with van der Waals surface area (Å²) >= 11 is 0. The van der Waals surface area contributed by atoms with Crippen LogP contribution in [-0.4, -0.2) is 41.3 Å². The van der Waals surface area contributed by atoms with Gasteiger partial charge in [-0.2, -0.15) is 0 Å². The monoisotopic (exact) mass is 394 g/mol. The zero-order valence-corrected chi connectivity index (χ0v) is 15.4. The van der Waals surface area contributed by atoms with E-state index in [1.807, 2.05) is 0 Å². The van der Waals surface area contributed by atoms with Gasteiger partial charge in [-0.1, -0.05) is 30.3 Å². The summed E-state index contributed by atoms with van der Waals surface area (Å²) in [6, 6.07) is 12.5. The molecule has 148 valence electrons. The molecule has 9 nitrogen and oxygen atoms in total. The van der Waals surface area contributed by atoms with Crippen LogP contribution in [0.25, 0.3) is 0 Å². The van der Waals surface area contributed by atoms with Gasteiger partial charge in [-0.3, -0.25) is 25.0 Å². The predicted molar refractivity (Wildman–Crippen MR) is 104 cm³/mol. The number of nitro groups is 1. The highest BCUT2D eigenvalue weighted by molar-refractivity contribution is 6.09. The number of nitrogens with zero attached hydrogens (tertiary/aromatic N) is 2. The second-order valence-electron chi connectivity index (χ2n) is 7.13. The Labute approximate surface area is 165 Å². The molecule has 2 saturated heterocycles. The summed E-state index contributed by atoms with van der Waals surface area (Å²) in [6.45, 7) is 0.723. The number of nitrogens with one attached hydrogen (secondary N) is 2. The molecule has 2 fully saturated rings. The topological polar surface area (TPSA) is 122 Å². The summed E-state index contributed by atoms with van der Waals surface area (Å²) in [4.78, 5) is 49.1. The first-order chi connectivity index (χ1) is 13.9. The number of nitro benzene ring substituents is 1. The maximum Gasteiger partial charge on any atom is 0.322 e. The minimum atomic E-state index is -0.953. The van der Waals surface area contributed by atoms with Crippen LogP contribution in [0.2, 0.25) is 0 Å². The lowest BCUT2D eigenvalue weighted by atomic mass is 9.87. The summed E-state index contributed by atoms with van der Waals surface area (Å²) in [5, 5.41) is 16.6. The second kappa shape index (κ2) is 7.01. The molecule has 1 spiro atoms. The van der Waals surface area contributed by atoms with Crippen molar-refractivity contribution in [1.29, 1.82) is 0 Å². The summed E-state index contributed by atoms with van der Waals surface area (Å²) in [6.07, 6.45) is 0.679. The highest BCUT2D eigenvalue weighted by Gasteiger charge is 2.48. The number of benzene rings is 2. The van der Waals surface area contributed by atoms with Crippen LogP contribution in [0.1, 0.15) is 28.8 Å². The Hall–Kier alpha value is -3.75. The highest BCUT2D eigenvalue weighted by Crippen LogP contribution is 2.34. The van der Waals surface area contributed by atoms with Crippen LogP contribution in [0, 0.1) is 10.1 Å². The van der Waals surface area contributed by atoms with Crippen LogP contribution >= 0.6 is 0 Å². The van der Waals surface area contributed by atoms with Crippen LogP contribution in [0.5, 0.6) is 0 Å². The van der Waals surface area contributed by atoms with E-state index >= 15 is 0 Å². The number of imide groups is 1. The molecule has 4 rings (SSSR count). The largest absolute Gasteiger partial charge is 0.366 e. The average Bonchev–Trinajstić information content (AvgIpc) is 3.00. The summed E-state index contributed by atoms with van der Waals surface area (Å²) < 4.78 is 0. The average molecular weight is 394 g/mol. The van der Waals surface area contributed by atoms with Gasteiger partial charge in [0, 0.05) is 30.3 Å². The van der Waals surface area contributed by atoms with E-state index in [1.165, 1.54) is 6.07 Å². The van der Waals surface area contributed by atoms with Gasteiger partial charge >= 0.3 is 6.03 Å². The molecule has 2 aliphatic heterocycles. The van der Waals surface area contributed by atoms with Crippen LogP contribution in [0.15, 0.2) is 48.5 Å². The molecular weight excluding hydrogens is 376 g/mol. The maximum atomic E-state index is 12.6. The molecular formula is C20H18N4O5. The summed E-state index contributed by atoms with van der Waals surface area (Å²) in [5.74, 6) is -0.649. The number of rotatable bonds is 4. The number of anilines is 1. The van der Waals surface area contributed by atoms with E-state index in [1.54, 1.807) is 47.4 Å². The van der Waals surface area contributed by atoms with E-state index in [9.17, 15) is 24.5 Å². The summed E-state index contributed by atoms with van der Waals surface area (Å²) in [5.41, 5.74) is -0.0344. The van der Waals surface area contributed by atoms with Crippen molar-refractivity contribution in [2.75, 3.05) is 18.0 Å². The molecule has 0 atom stereocenters. The van der Waals surface area contributed by atoms with E-state index in [-0.39, 0.29) is 22.9 Å². The molecule has 2 aliphatic rings. The van der Waals surface area contributed by atoms with Gasteiger partial charge in [0.2, 0.25) is 0 Å². The van der Waals surface area contributed by atoms with Crippen LogP contribution in [0.4, 0.5) is 16.2 Å². The Balaban J connectivity index is 1.59. The van der Waals surface area contributed by atoms with Crippen molar-refractivity contribution in [3.63, 3.8) is 0 Å². The van der Waals surface area contributed by atoms with Crippen LogP contribution in [-0.2, 0) is 4.79 Å². The van der Waals surface area contributed by atoms with E-state index in [0.717, 1.165) is 0 Å². The lowest BCUT2D eigenvalue weighted by molar-refractivity contribution is -0.384. The maximum absolute atomic E-state index is 12.6. The highest BCUT2D eigenvalue weighted by atomic mass is 16.6. The van der Waals surface area contributed by atoms with Gasteiger partial charge < -0.3 is 10.2 Å². The summed E-state index contributed by atoms with van der Waals surface area (Å²) in [7, 11) is 0. The Morgan fingerprint density at radius 2 is 1.72 bits per heavy atom. The predicted octanol–water partition coefficient (Wildman–Crippen LogP) is 2.00. The first-order valence-corrected chi connectivity index (χ1v) is 9.16. The number of piperidine rings is 1. The number of hydrogen-bond donors (Lipinski definition) is 2. The van der Waals surface area contributed by atoms with Crippen molar-refractivity contribution >= 4 is 29.1 Å². The van der Waals surface area contributed by atoms with Crippen LogP contribution in [0.3, 0.4) is 0 Å². The molecule has 2 aromatic rings. The van der Waals surface area contributed by atoms with Gasteiger partial charge in [0.15, 0.2) is 5.78 Å². The fourth-order valence-corrected chi connectivity index (χ4v) is 3.84. The van der Waals surface area contributed by atoms with E-state index in [2.05, 4.69) is 10.6 Å². The standard InChI is InChI=1S/C20H18N4O5/c25-17(13-4-2-1-3-5-13)14-6-7-15(16(12-14)24(28)29)23-10-8-20(9-11-23)18(26)21-19(27)22-20/h1-7,12H,8-11H2,(H2,21,22,26,27). The Morgan fingerprint density at radius 1 is 1.03 bits per heavy atom. The van der Waals surface area contributed by atoms with Gasteiger partial charge in [-0.05, 0) is 25.0 Å². The fraction of sp³-hybridized carbons (Fsp3) is 0.250. The molecule has 0 aromatic heterocycles. The third kappa shape index (κ3) is 3.31. The molecule has 2 N–H and O–H groups in total. The number of carbonyl (C=O) groups is 3. The molecule has 0 unspecified atom stereocenters. The Bertz CT molecular complexity index is 1010. The normalized spacial score (nSPS) is 17.7. The first kappa shape index (κ1) is 18.6. The van der Waals surface area contributed by atoms with Crippen molar-refractivity contribution in [3.05, 3.63) is 69.8 Å². The molecule has 2 aromatic carbocycles. The lowest BCUT2D eigenvalue weighted by Crippen LogP contribution is -2.55. The molecule has 2 heterocycles. The Morgan fingerprint density at radius 3 is 2.31 bits per heavy atom. The number of hydrogen-bond acceptors (Lipinski definition) is 6. The first-order valence-electron chi connectivity index (χ1n) is 9.16. The number of ketones is 1. The zero-order valence-electron chi connectivity index (χ0n) is 15.4. The number of urea groups is 1. The fourth-order valence-electron chi connectivity index (χ4n) is 3.84. The van der Waals surface area contributed by atoms with Gasteiger partial charge in [0.25, 0.3) is 11.6 Å². The van der Waals surface area contributed by atoms with Crippen LogP contribution < -0.4 is 15.5 Å². The van der Waals surface area contributed by atoms with E-state index < -0.39 is 16.5 Å². The van der Waals surface area contributed by atoms with Gasteiger partial charge in [0.05, 0.1) is 4.92 Å². The van der Waals surface area contributed by atoms with Gasteiger partial charge in [-0.15, -0.1) is 0 Å². The SMILES string of the molecule is O=C1NC(=O)C2(CCN(c3ccc(C(=O)c4ccccc4)cc3[N+](=O)[O-])CC2)N1. The quantitative estimate of drug-likeness (QED) is 0.354. The van der Waals surface area contributed by atoms with Crippen molar-refractivity contribution in [1.82, 2.24) is 10.6 Å². The smallest absolute Gasteiger partial charge is 0.322 e. The molecule has 0 saturated carbocycles. The second-order valence-corrected chi connectivity index (χ2v) is 7.13. The molecule has 0 aliphatic carbocycles. The third-order valence-corrected chi connectivity index (χ3v) is 5.44. The van der Waals surface area contributed by atoms with E-state index in [0.29, 0.717) is 37.2 Å². The minimum absolute atomic E-state index is 0.164. The Kier molecular flexibility index (Phi) is 4.50. The van der Waals surface area contributed by atoms with Gasteiger partial charge in [0.1, 0.15) is 11.2 Å². The van der Waals surface area contributed by atoms with Gasteiger partial charge in [-0.25, -0.2) is 4.79 Å². The molecule has 0 bridgehead atoms. The zero-order chi connectivity index (χ0) is 20.6. The minimum Gasteiger partial charge on any atom is -0.366 e. The van der Waals surface area contributed by atoms with Crippen molar-refractivity contribution < 1.29 is 19.3 Å². The molecule has 3 amide bonds. The third-order valence-electron chi connectivity index (χ3n) is 5.44. The molecule has 0 radical (unpaired) electrons. The van der Waals surface area contributed by atoms with E-state index in [4.69, 9.17) is 0 Å². The number of amides is 3. The van der Waals surface area contributed by atoms with Crippen molar-refractivity contribution in [2.45, 2.75) is 18.4 Å². The number of carbonyl (C=O) groups excluding carboxylic acids is 3. The lowest BCUT2D eigenvalue weighted by Gasteiger charge is -2.37.